The van der Waals surface area contributed by atoms with Crippen LogP contribution in [0.4, 0.5) is 10.1 Å². The van der Waals surface area contributed by atoms with E-state index in [0.29, 0.717) is 31.5 Å². The van der Waals surface area contributed by atoms with E-state index in [2.05, 4.69) is 26.2 Å². The van der Waals surface area contributed by atoms with Gasteiger partial charge in [-0.3, -0.25) is 4.79 Å². The highest BCUT2D eigenvalue weighted by molar-refractivity contribution is 9.10. The van der Waals surface area contributed by atoms with E-state index >= 15 is 0 Å². The van der Waals surface area contributed by atoms with E-state index in [0.717, 1.165) is 5.76 Å². The zero-order valence-corrected chi connectivity index (χ0v) is 14.7. The van der Waals surface area contributed by atoms with Crippen molar-refractivity contribution in [3.05, 3.63) is 57.0 Å². The van der Waals surface area contributed by atoms with Gasteiger partial charge in [-0.15, -0.1) is 11.3 Å². The molecule has 0 unspecified atom stereocenters. The summed E-state index contributed by atoms with van der Waals surface area (Å²) >= 11 is 4.49. The lowest BCUT2D eigenvalue weighted by Gasteiger charge is -2.06. The normalized spacial score (nSPS) is 10.8. The average Bonchev–Trinajstić information content (AvgIpc) is 3.08. The van der Waals surface area contributed by atoms with Crippen molar-refractivity contribution in [1.82, 2.24) is 4.98 Å². The minimum Gasteiger partial charge on any atom is -0.459 e. The lowest BCUT2D eigenvalue weighted by molar-refractivity contribution is 0.102. The van der Waals surface area contributed by atoms with Crippen LogP contribution in [-0.4, -0.2) is 10.9 Å². The van der Waals surface area contributed by atoms with E-state index in [-0.39, 0.29) is 11.7 Å². The standard InChI is InChI=1S/C16H12BrFN2O2S/c1-8-3-6-13(22-8)16-19-9(2)14(23-16)15(21)20-12-5-4-10(18)7-11(12)17/h3-7H,1-2H3,(H,20,21). The molecule has 0 saturated heterocycles. The Morgan fingerprint density at radius 2 is 2.09 bits per heavy atom. The van der Waals surface area contributed by atoms with Crippen molar-refractivity contribution in [1.29, 1.82) is 0 Å². The monoisotopic (exact) mass is 394 g/mol. The Morgan fingerprint density at radius 1 is 1.30 bits per heavy atom. The van der Waals surface area contributed by atoms with E-state index in [4.69, 9.17) is 4.42 Å². The second-order valence-electron chi connectivity index (χ2n) is 4.92. The lowest BCUT2D eigenvalue weighted by atomic mass is 10.3. The second-order valence-corrected chi connectivity index (χ2v) is 6.78. The van der Waals surface area contributed by atoms with Gasteiger partial charge < -0.3 is 9.73 Å². The highest BCUT2D eigenvalue weighted by Crippen LogP contribution is 2.30. The van der Waals surface area contributed by atoms with Gasteiger partial charge in [-0.05, 0) is 60.1 Å². The Labute approximate surface area is 144 Å². The molecule has 3 rings (SSSR count). The predicted octanol–water partition coefficient (Wildman–Crippen LogP) is 5.17. The molecule has 1 N–H and O–H groups in total. The molecule has 0 spiro atoms. The van der Waals surface area contributed by atoms with E-state index in [1.165, 1.54) is 29.5 Å². The molecular weight excluding hydrogens is 383 g/mol. The summed E-state index contributed by atoms with van der Waals surface area (Å²) in [5.74, 6) is 0.757. The minimum atomic E-state index is -0.376. The molecule has 2 aromatic heterocycles. The molecule has 0 radical (unpaired) electrons. The van der Waals surface area contributed by atoms with Gasteiger partial charge in [0.2, 0.25) is 0 Å². The van der Waals surface area contributed by atoms with E-state index in [1.54, 1.807) is 6.92 Å². The summed E-state index contributed by atoms with van der Waals surface area (Å²) < 4.78 is 19.1. The molecule has 1 amide bonds. The van der Waals surface area contributed by atoms with Gasteiger partial charge in [0, 0.05) is 4.47 Å². The molecular formula is C16H12BrFN2O2S. The van der Waals surface area contributed by atoms with Crippen molar-refractivity contribution < 1.29 is 13.6 Å². The first kappa shape index (κ1) is 15.9. The molecule has 0 saturated carbocycles. The van der Waals surface area contributed by atoms with Crippen molar-refractivity contribution in [3.8, 4) is 10.8 Å². The first-order valence-electron chi connectivity index (χ1n) is 6.74. The van der Waals surface area contributed by atoms with Crippen molar-refractivity contribution in [2.45, 2.75) is 13.8 Å². The lowest BCUT2D eigenvalue weighted by Crippen LogP contribution is -2.12. The van der Waals surface area contributed by atoms with Crippen LogP contribution in [0.2, 0.25) is 0 Å². The number of hydrogen-bond donors (Lipinski definition) is 1. The van der Waals surface area contributed by atoms with Gasteiger partial charge in [0.15, 0.2) is 10.8 Å². The topological polar surface area (TPSA) is 55.1 Å². The molecule has 23 heavy (non-hydrogen) atoms. The third-order valence-electron chi connectivity index (χ3n) is 3.13. The smallest absolute Gasteiger partial charge is 0.267 e. The molecule has 3 aromatic rings. The van der Waals surface area contributed by atoms with Gasteiger partial charge in [0.1, 0.15) is 16.5 Å². The minimum absolute atomic E-state index is 0.290. The predicted molar refractivity (Wildman–Crippen MR) is 91.3 cm³/mol. The number of benzene rings is 1. The van der Waals surface area contributed by atoms with Crippen molar-refractivity contribution >= 4 is 38.9 Å². The Morgan fingerprint density at radius 3 is 2.74 bits per heavy atom. The molecule has 0 aliphatic carbocycles. The summed E-state index contributed by atoms with van der Waals surface area (Å²) in [5, 5.41) is 3.40. The molecule has 0 atom stereocenters. The van der Waals surface area contributed by atoms with Crippen LogP contribution < -0.4 is 5.32 Å². The largest absolute Gasteiger partial charge is 0.459 e. The van der Waals surface area contributed by atoms with Gasteiger partial charge in [-0.25, -0.2) is 9.37 Å². The molecule has 7 heteroatoms. The van der Waals surface area contributed by atoms with Crippen LogP contribution >= 0.6 is 27.3 Å². The van der Waals surface area contributed by atoms with Crippen LogP contribution in [0.25, 0.3) is 10.8 Å². The molecule has 0 aliphatic rings. The van der Waals surface area contributed by atoms with Crippen LogP contribution in [0, 0.1) is 19.7 Å². The number of halogens is 2. The van der Waals surface area contributed by atoms with E-state index < -0.39 is 0 Å². The molecule has 1 aromatic carbocycles. The molecule has 118 valence electrons. The number of aryl methyl sites for hydroxylation is 2. The molecule has 4 nitrogen and oxygen atoms in total. The number of nitrogens with zero attached hydrogens (tertiary/aromatic N) is 1. The van der Waals surface area contributed by atoms with Crippen LogP contribution in [0.1, 0.15) is 21.1 Å². The summed E-state index contributed by atoms with van der Waals surface area (Å²) in [6, 6.07) is 7.76. The summed E-state index contributed by atoms with van der Waals surface area (Å²) in [5.41, 5.74) is 1.12. The molecule has 0 fully saturated rings. The molecule has 0 bridgehead atoms. The van der Waals surface area contributed by atoms with Crippen molar-refractivity contribution in [2.75, 3.05) is 5.32 Å². The van der Waals surface area contributed by atoms with Crippen LogP contribution in [0.15, 0.2) is 39.2 Å². The number of anilines is 1. The first-order chi connectivity index (χ1) is 10.9. The Hall–Kier alpha value is -1.99. The number of furan rings is 1. The fourth-order valence-electron chi connectivity index (χ4n) is 2.03. The highest BCUT2D eigenvalue weighted by atomic mass is 79.9. The van der Waals surface area contributed by atoms with Crippen LogP contribution in [0.5, 0.6) is 0 Å². The van der Waals surface area contributed by atoms with E-state index in [9.17, 15) is 9.18 Å². The van der Waals surface area contributed by atoms with Gasteiger partial charge in [0.05, 0.1) is 11.4 Å². The molecule has 2 heterocycles. The molecule has 0 aliphatic heterocycles. The van der Waals surface area contributed by atoms with Crippen LogP contribution in [-0.2, 0) is 0 Å². The van der Waals surface area contributed by atoms with Gasteiger partial charge in [0.25, 0.3) is 5.91 Å². The summed E-state index contributed by atoms with van der Waals surface area (Å²) in [7, 11) is 0. The number of rotatable bonds is 3. The maximum absolute atomic E-state index is 13.1. The van der Waals surface area contributed by atoms with Gasteiger partial charge >= 0.3 is 0 Å². The van der Waals surface area contributed by atoms with Crippen LogP contribution in [0.3, 0.4) is 0 Å². The van der Waals surface area contributed by atoms with Crippen molar-refractivity contribution in [3.63, 3.8) is 0 Å². The summed E-state index contributed by atoms with van der Waals surface area (Å²) in [6.07, 6.45) is 0. The first-order valence-corrected chi connectivity index (χ1v) is 8.35. The third-order valence-corrected chi connectivity index (χ3v) is 4.96. The number of carbonyl (C=O) groups is 1. The second kappa shape index (κ2) is 6.25. The fourth-order valence-corrected chi connectivity index (χ4v) is 3.41. The highest BCUT2D eigenvalue weighted by Gasteiger charge is 2.18. The van der Waals surface area contributed by atoms with Gasteiger partial charge in [-0.2, -0.15) is 0 Å². The zero-order valence-electron chi connectivity index (χ0n) is 12.3. The SMILES string of the molecule is Cc1ccc(-c2nc(C)c(C(=O)Nc3ccc(F)cc3Br)s2)o1. The number of carbonyl (C=O) groups excluding carboxylic acids is 1. The summed E-state index contributed by atoms with van der Waals surface area (Å²) in [6.45, 7) is 3.62. The van der Waals surface area contributed by atoms with Gasteiger partial charge in [-0.1, -0.05) is 0 Å². The average molecular weight is 395 g/mol. The number of hydrogen-bond acceptors (Lipinski definition) is 4. The third kappa shape index (κ3) is 3.35. The zero-order chi connectivity index (χ0) is 16.6. The Kier molecular flexibility index (Phi) is 4.32. The Bertz CT molecular complexity index is 888. The number of aromatic nitrogens is 1. The van der Waals surface area contributed by atoms with Crippen molar-refractivity contribution in [2.24, 2.45) is 0 Å². The van der Waals surface area contributed by atoms with E-state index in [1.807, 2.05) is 19.1 Å². The number of amides is 1. The fraction of sp³-hybridized carbons (Fsp3) is 0.125. The Balaban J connectivity index is 1.86. The number of nitrogens with one attached hydrogen (secondary N) is 1. The maximum Gasteiger partial charge on any atom is 0.267 e. The summed E-state index contributed by atoms with van der Waals surface area (Å²) in [4.78, 5) is 17.3. The maximum atomic E-state index is 13.1. The number of thiazole rings is 1. The quantitative estimate of drug-likeness (QED) is 0.666.